The first kappa shape index (κ1) is 9.92. The van der Waals surface area contributed by atoms with Crippen LogP contribution in [0.5, 0.6) is 0 Å². The van der Waals surface area contributed by atoms with Gasteiger partial charge in [-0.2, -0.15) is 0 Å². The van der Waals surface area contributed by atoms with E-state index in [1.807, 2.05) is 4.90 Å². The zero-order chi connectivity index (χ0) is 10.7. The van der Waals surface area contributed by atoms with E-state index in [9.17, 15) is 4.79 Å². The van der Waals surface area contributed by atoms with Gasteiger partial charge in [-0.15, -0.1) is 0 Å². The van der Waals surface area contributed by atoms with Gasteiger partial charge >= 0.3 is 0 Å². The third-order valence-electron chi connectivity index (χ3n) is 2.54. The normalized spacial score (nSPS) is 15.4. The Labute approximate surface area is 88.3 Å². The molecule has 0 unspecified atom stereocenters. The largest absolute Gasteiger partial charge is 0.337 e. The van der Waals surface area contributed by atoms with Crippen molar-refractivity contribution < 1.29 is 4.79 Å². The molecule has 3 N–H and O–H groups in total. The first-order valence-electron chi connectivity index (χ1n) is 5.03. The van der Waals surface area contributed by atoms with Crippen LogP contribution in [-0.4, -0.2) is 28.9 Å². The average Bonchev–Trinajstić information content (AvgIpc) is 2.81. The highest BCUT2D eigenvalue weighted by molar-refractivity contribution is 5.93. The van der Waals surface area contributed by atoms with Crippen molar-refractivity contribution in [3.05, 3.63) is 24.0 Å². The van der Waals surface area contributed by atoms with Crippen molar-refractivity contribution >= 4 is 11.6 Å². The zero-order valence-electron chi connectivity index (χ0n) is 8.44. The number of hydrogen-bond donors (Lipinski definition) is 2. The minimum absolute atomic E-state index is 0.00963. The number of nitrogens with one attached hydrogen (secondary N) is 1. The van der Waals surface area contributed by atoms with Gasteiger partial charge in [0.25, 0.3) is 5.91 Å². The summed E-state index contributed by atoms with van der Waals surface area (Å²) in [5.74, 6) is 5.26. The molecule has 5 nitrogen and oxygen atoms in total. The van der Waals surface area contributed by atoms with Gasteiger partial charge in [-0.05, 0) is 25.0 Å². The molecule has 0 saturated carbocycles. The molecule has 2 rings (SSSR count). The number of anilines is 1. The van der Waals surface area contributed by atoms with E-state index in [4.69, 9.17) is 5.84 Å². The van der Waals surface area contributed by atoms with Crippen LogP contribution < -0.4 is 11.3 Å². The van der Waals surface area contributed by atoms with Gasteiger partial charge < -0.3 is 10.3 Å². The van der Waals surface area contributed by atoms with Gasteiger partial charge in [0.15, 0.2) is 0 Å². The third kappa shape index (κ3) is 2.07. The van der Waals surface area contributed by atoms with Crippen molar-refractivity contribution in [2.45, 2.75) is 12.8 Å². The maximum Gasteiger partial charge on any atom is 0.272 e. The fourth-order valence-corrected chi connectivity index (χ4v) is 1.72. The van der Waals surface area contributed by atoms with Crippen molar-refractivity contribution in [3.8, 4) is 0 Å². The maximum atomic E-state index is 11.9. The van der Waals surface area contributed by atoms with E-state index in [1.165, 1.54) is 0 Å². The van der Waals surface area contributed by atoms with Crippen molar-refractivity contribution in [2.75, 3.05) is 18.5 Å². The molecule has 0 aliphatic carbocycles. The number of hydrazine groups is 1. The second-order valence-corrected chi connectivity index (χ2v) is 3.57. The van der Waals surface area contributed by atoms with Crippen LogP contribution in [0.1, 0.15) is 23.3 Å². The second kappa shape index (κ2) is 4.27. The fourth-order valence-electron chi connectivity index (χ4n) is 1.72. The Balaban J connectivity index is 2.17. The molecule has 0 bridgehead atoms. The number of nitrogens with zero attached hydrogens (tertiary/aromatic N) is 2. The molecule has 2 heterocycles. The van der Waals surface area contributed by atoms with Crippen LogP contribution in [0, 0.1) is 0 Å². The highest BCUT2D eigenvalue weighted by Crippen LogP contribution is 2.13. The summed E-state index contributed by atoms with van der Waals surface area (Å²) in [5, 5.41) is 0. The average molecular weight is 206 g/mol. The number of amides is 1. The van der Waals surface area contributed by atoms with Crippen molar-refractivity contribution in [1.29, 1.82) is 0 Å². The van der Waals surface area contributed by atoms with Gasteiger partial charge in [0.05, 0.1) is 5.69 Å². The summed E-state index contributed by atoms with van der Waals surface area (Å²) in [6.07, 6.45) is 3.75. The fraction of sp³-hybridized carbons (Fsp3) is 0.400. The quantitative estimate of drug-likeness (QED) is 0.549. The van der Waals surface area contributed by atoms with E-state index >= 15 is 0 Å². The zero-order valence-corrected chi connectivity index (χ0v) is 8.44. The van der Waals surface area contributed by atoms with E-state index in [-0.39, 0.29) is 5.91 Å². The Morgan fingerprint density at radius 2 is 2.20 bits per heavy atom. The Kier molecular flexibility index (Phi) is 2.82. The molecule has 1 aromatic rings. The molecule has 1 fully saturated rings. The molecule has 80 valence electrons. The van der Waals surface area contributed by atoms with Crippen LogP contribution in [0.4, 0.5) is 5.69 Å². The number of carbonyl (C=O) groups is 1. The highest BCUT2D eigenvalue weighted by Gasteiger charge is 2.20. The van der Waals surface area contributed by atoms with Gasteiger partial charge in [0.2, 0.25) is 0 Å². The van der Waals surface area contributed by atoms with Crippen LogP contribution in [0.2, 0.25) is 0 Å². The van der Waals surface area contributed by atoms with E-state index in [0.717, 1.165) is 25.9 Å². The molecule has 1 aliphatic rings. The predicted molar refractivity (Wildman–Crippen MR) is 57.2 cm³/mol. The lowest BCUT2D eigenvalue weighted by Crippen LogP contribution is -2.28. The van der Waals surface area contributed by atoms with E-state index in [1.54, 1.807) is 18.3 Å². The number of aromatic nitrogens is 1. The van der Waals surface area contributed by atoms with Crippen LogP contribution in [0.25, 0.3) is 0 Å². The van der Waals surface area contributed by atoms with E-state index in [2.05, 4.69) is 10.4 Å². The maximum absolute atomic E-state index is 11.9. The molecule has 0 spiro atoms. The van der Waals surface area contributed by atoms with Gasteiger partial charge in [-0.25, -0.2) is 0 Å². The molecule has 0 atom stereocenters. The Morgan fingerprint density at radius 3 is 2.87 bits per heavy atom. The number of nitrogens with two attached hydrogens (primary N) is 1. The van der Waals surface area contributed by atoms with Gasteiger partial charge in [0, 0.05) is 19.3 Å². The molecule has 1 aliphatic heterocycles. The van der Waals surface area contributed by atoms with Crippen molar-refractivity contribution in [2.24, 2.45) is 5.84 Å². The monoisotopic (exact) mass is 206 g/mol. The standard InChI is InChI=1S/C10H14N4O/c11-13-8-3-4-12-9(7-8)10(15)14-5-1-2-6-14/h3-4,7H,1-2,5-6,11H2,(H,12,13). The Morgan fingerprint density at radius 1 is 1.47 bits per heavy atom. The number of rotatable bonds is 2. The summed E-state index contributed by atoms with van der Waals surface area (Å²) in [5.41, 5.74) is 3.65. The van der Waals surface area contributed by atoms with Crippen LogP contribution in [-0.2, 0) is 0 Å². The SMILES string of the molecule is NNc1ccnc(C(=O)N2CCCC2)c1. The van der Waals surface area contributed by atoms with E-state index < -0.39 is 0 Å². The minimum atomic E-state index is -0.00963. The topological polar surface area (TPSA) is 71.2 Å². The highest BCUT2D eigenvalue weighted by atomic mass is 16.2. The third-order valence-corrected chi connectivity index (χ3v) is 2.54. The first-order valence-corrected chi connectivity index (χ1v) is 5.03. The summed E-state index contributed by atoms with van der Waals surface area (Å²) in [6, 6.07) is 3.39. The Bertz CT molecular complexity index is 360. The first-order chi connectivity index (χ1) is 7.31. The summed E-state index contributed by atoms with van der Waals surface area (Å²) in [6.45, 7) is 1.67. The summed E-state index contributed by atoms with van der Waals surface area (Å²) >= 11 is 0. The van der Waals surface area contributed by atoms with Gasteiger partial charge in [-0.3, -0.25) is 15.6 Å². The molecule has 0 radical (unpaired) electrons. The van der Waals surface area contributed by atoms with E-state index in [0.29, 0.717) is 11.4 Å². The molecule has 1 amide bonds. The lowest BCUT2D eigenvalue weighted by molar-refractivity contribution is 0.0787. The van der Waals surface area contributed by atoms with Crippen molar-refractivity contribution in [3.63, 3.8) is 0 Å². The summed E-state index contributed by atoms with van der Waals surface area (Å²) < 4.78 is 0. The minimum Gasteiger partial charge on any atom is -0.337 e. The molecule has 1 saturated heterocycles. The van der Waals surface area contributed by atoms with Crippen LogP contribution in [0.3, 0.4) is 0 Å². The molecule has 1 aromatic heterocycles. The van der Waals surface area contributed by atoms with Crippen LogP contribution in [0.15, 0.2) is 18.3 Å². The lowest BCUT2D eigenvalue weighted by atomic mass is 10.3. The number of carbonyl (C=O) groups excluding carboxylic acids is 1. The number of hydrogen-bond acceptors (Lipinski definition) is 4. The smallest absolute Gasteiger partial charge is 0.272 e. The molecule has 15 heavy (non-hydrogen) atoms. The summed E-state index contributed by atoms with van der Waals surface area (Å²) in [7, 11) is 0. The molecule has 0 aromatic carbocycles. The predicted octanol–water partition coefficient (Wildman–Crippen LogP) is 0.603. The number of nitrogen functional groups attached to an aromatic ring is 1. The number of pyridine rings is 1. The molecular formula is C10H14N4O. The lowest BCUT2D eigenvalue weighted by Gasteiger charge is -2.14. The molecular weight excluding hydrogens is 192 g/mol. The number of likely N-dealkylation sites (tertiary alicyclic amines) is 1. The van der Waals surface area contributed by atoms with Gasteiger partial charge in [-0.1, -0.05) is 0 Å². The molecule has 5 heteroatoms. The van der Waals surface area contributed by atoms with Crippen LogP contribution >= 0.6 is 0 Å². The Hall–Kier alpha value is -1.62. The van der Waals surface area contributed by atoms with Gasteiger partial charge in [0.1, 0.15) is 5.69 Å². The summed E-state index contributed by atoms with van der Waals surface area (Å²) in [4.78, 5) is 17.8. The van der Waals surface area contributed by atoms with Crippen molar-refractivity contribution in [1.82, 2.24) is 9.88 Å². The second-order valence-electron chi connectivity index (χ2n) is 3.57.